The lowest BCUT2D eigenvalue weighted by Gasteiger charge is -2.09. The van der Waals surface area contributed by atoms with E-state index in [1.165, 1.54) is 0 Å². The number of thiophene rings is 1. The predicted octanol–water partition coefficient (Wildman–Crippen LogP) is 3.48. The maximum absolute atomic E-state index is 12.1. The summed E-state index contributed by atoms with van der Waals surface area (Å²) in [6.07, 6.45) is 1.81. The molecule has 0 unspecified atom stereocenters. The van der Waals surface area contributed by atoms with Crippen LogP contribution in [0.25, 0.3) is 16.5 Å². The third kappa shape index (κ3) is 3.57. The molecule has 2 aromatic carbocycles. The van der Waals surface area contributed by atoms with Crippen LogP contribution in [0.4, 0.5) is 4.79 Å². The van der Waals surface area contributed by atoms with E-state index >= 15 is 0 Å². The first-order valence-corrected chi connectivity index (χ1v) is 9.16. The van der Waals surface area contributed by atoms with Gasteiger partial charge < -0.3 is 10.6 Å². The number of benzene rings is 2. The molecule has 130 valence electrons. The number of hydrogen-bond acceptors (Lipinski definition) is 4. The van der Waals surface area contributed by atoms with Crippen LogP contribution in [0.2, 0.25) is 0 Å². The maximum Gasteiger partial charge on any atom is 0.315 e. The smallest absolute Gasteiger partial charge is 0.315 e. The molecule has 2 amide bonds. The van der Waals surface area contributed by atoms with Crippen molar-refractivity contribution in [1.82, 2.24) is 25.6 Å². The second kappa shape index (κ2) is 7.37. The van der Waals surface area contributed by atoms with Gasteiger partial charge in [-0.25, -0.2) is 9.48 Å². The molecule has 7 heteroatoms. The van der Waals surface area contributed by atoms with E-state index in [1.54, 1.807) is 16.0 Å². The van der Waals surface area contributed by atoms with Crippen molar-refractivity contribution in [3.8, 4) is 5.69 Å². The zero-order valence-corrected chi connectivity index (χ0v) is 14.7. The fourth-order valence-corrected chi connectivity index (χ4v) is 3.37. The Hall–Kier alpha value is -3.19. The number of urea groups is 1. The van der Waals surface area contributed by atoms with Crippen LogP contribution < -0.4 is 10.6 Å². The van der Waals surface area contributed by atoms with Crippen LogP contribution in [-0.2, 0) is 13.1 Å². The molecule has 0 bridgehead atoms. The fourth-order valence-electron chi connectivity index (χ4n) is 2.75. The summed E-state index contributed by atoms with van der Waals surface area (Å²) in [6.45, 7) is 0.792. The number of nitrogens with zero attached hydrogens (tertiary/aromatic N) is 3. The van der Waals surface area contributed by atoms with E-state index in [0.717, 1.165) is 22.0 Å². The molecular weight excluding hydrogens is 346 g/mol. The fraction of sp³-hybridized carbons (Fsp3) is 0.105. The van der Waals surface area contributed by atoms with Gasteiger partial charge in [0.05, 0.1) is 18.4 Å². The van der Waals surface area contributed by atoms with Crippen molar-refractivity contribution < 1.29 is 4.79 Å². The Morgan fingerprint density at radius 3 is 2.77 bits per heavy atom. The first-order chi connectivity index (χ1) is 12.8. The lowest BCUT2D eigenvalue weighted by Crippen LogP contribution is -2.34. The highest BCUT2D eigenvalue weighted by molar-refractivity contribution is 7.08. The maximum atomic E-state index is 12.1. The Labute approximate surface area is 154 Å². The van der Waals surface area contributed by atoms with Gasteiger partial charge in [-0.05, 0) is 27.8 Å². The molecule has 4 aromatic rings. The summed E-state index contributed by atoms with van der Waals surface area (Å²) in [5.41, 5.74) is 2.76. The zero-order chi connectivity index (χ0) is 17.8. The number of hydrogen-bond donors (Lipinski definition) is 2. The summed E-state index contributed by atoms with van der Waals surface area (Å²) in [5.74, 6) is 0. The Morgan fingerprint density at radius 1 is 1.04 bits per heavy atom. The Kier molecular flexibility index (Phi) is 4.61. The number of carbonyl (C=O) groups is 1. The monoisotopic (exact) mass is 363 g/mol. The minimum Gasteiger partial charge on any atom is -0.334 e. The number of carbonyl (C=O) groups excluding carboxylic acids is 1. The largest absolute Gasteiger partial charge is 0.334 e. The Bertz CT molecular complexity index is 1020. The molecular formula is C19H17N5OS. The first-order valence-electron chi connectivity index (χ1n) is 8.22. The second-order valence-electron chi connectivity index (χ2n) is 5.81. The number of nitrogens with one attached hydrogen (secondary N) is 2. The summed E-state index contributed by atoms with van der Waals surface area (Å²) >= 11 is 1.60. The number of aromatic nitrogens is 3. The van der Waals surface area contributed by atoms with E-state index < -0.39 is 0 Å². The molecule has 26 heavy (non-hydrogen) atoms. The molecule has 0 radical (unpaired) electrons. The van der Waals surface area contributed by atoms with Crippen molar-refractivity contribution in [2.45, 2.75) is 13.1 Å². The van der Waals surface area contributed by atoms with Crippen LogP contribution in [0.3, 0.4) is 0 Å². The minimum absolute atomic E-state index is 0.233. The van der Waals surface area contributed by atoms with Crippen molar-refractivity contribution in [2.24, 2.45) is 0 Å². The third-order valence-electron chi connectivity index (χ3n) is 4.06. The van der Waals surface area contributed by atoms with Gasteiger partial charge in [0.25, 0.3) is 0 Å². The highest BCUT2D eigenvalue weighted by Crippen LogP contribution is 2.18. The summed E-state index contributed by atoms with van der Waals surface area (Å²) < 4.78 is 1.70. The standard InChI is InChI=1S/C19H17N5OS/c25-19(20-10-15-6-3-5-14-4-1-2-7-18(14)15)21-11-16-12-24(23-22-16)17-8-9-26-13-17/h1-9,12-13H,10-11H2,(H2,20,21,25). The van der Waals surface area contributed by atoms with Crippen molar-refractivity contribution in [1.29, 1.82) is 0 Å². The van der Waals surface area contributed by atoms with Gasteiger partial charge in [-0.15, -0.1) is 5.10 Å². The van der Waals surface area contributed by atoms with E-state index in [-0.39, 0.29) is 6.03 Å². The molecule has 0 aliphatic heterocycles. The molecule has 2 aromatic heterocycles. The molecule has 6 nitrogen and oxygen atoms in total. The molecule has 0 saturated heterocycles. The first kappa shape index (κ1) is 16.3. The lowest BCUT2D eigenvalue weighted by molar-refractivity contribution is 0.240. The van der Waals surface area contributed by atoms with Crippen LogP contribution >= 0.6 is 11.3 Å². The van der Waals surface area contributed by atoms with E-state index in [4.69, 9.17) is 0 Å². The van der Waals surface area contributed by atoms with Gasteiger partial charge in [0.2, 0.25) is 0 Å². The van der Waals surface area contributed by atoms with Crippen molar-refractivity contribution in [3.05, 3.63) is 76.7 Å². The highest BCUT2D eigenvalue weighted by atomic mass is 32.1. The average molecular weight is 363 g/mol. The quantitative estimate of drug-likeness (QED) is 0.570. The summed E-state index contributed by atoms with van der Waals surface area (Å²) in [4.78, 5) is 12.1. The van der Waals surface area contributed by atoms with Gasteiger partial charge in [-0.3, -0.25) is 0 Å². The molecule has 0 saturated carbocycles. The Balaban J connectivity index is 1.33. The SMILES string of the molecule is O=C(NCc1cn(-c2ccsc2)nn1)NCc1cccc2ccccc12. The average Bonchev–Trinajstić information content (AvgIpc) is 3.36. The number of rotatable bonds is 5. The van der Waals surface area contributed by atoms with Crippen LogP contribution in [0.15, 0.2) is 65.5 Å². The molecule has 0 fully saturated rings. The minimum atomic E-state index is -0.233. The summed E-state index contributed by atoms with van der Waals surface area (Å²) in [7, 11) is 0. The topological polar surface area (TPSA) is 71.8 Å². The number of amides is 2. The van der Waals surface area contributed by atoms with Gasteiger partial charge in [0, 0.05) is 11.9 Å². The normalized spacial score (nSPS) is 10.8. The van der Waals surface area contributed by atoms with Crippen LogP contribution in [-0.4, -0.2) is 21.0 Å². The summed E-state index contributed by atoms with van der Waals surface area (Å²) in [5, 5.41) is 20.1. The van der Waals surface area contributed by atoms with Gasteiger partial charge in [-0.2, -0.15) is 11.3 Å². The molecule has 0 atom stereocenters. The van der Waals surface area contributed by atoms with Crippen LogP contribution in [0.1, 0.15) is 11.3 Å². The predicted molar refractivity (Wildman–Crippen MR) is 102 cm³/mol. The van der Waals surface area contributed by atoms with Crippen LogP contribution in [0, 0.1) is 0 Å². The van der Waals surface area contributed by atoms with E-state index in [2.05, 4.69) is 39.1 Å². The van der Waals surface area contributed by atoms with Crippen molar-refractivity contribution in [3.63, 3.8) is 0 Å². The molecule has 0 spiro atoms. The third-order valence-corrected chi connectivity index (χ3v) is 4.73. The highest BCUT2D eigenvalue weighted by Gasteiger charge is 2.06. The molecule has 4 rings (SSSR count). The van der Waals surface area contributed by atoms with Crippen molar-refractivity contribution in [2.75, 3.05) is 0 Å². The van der Waals surface area contributed by atoms with E-state index in [9.17, 15) is 4.79 Å². The Morgan fingerprint density at radius 2 is 1.88 bits per heavy atom. The molecule has 2 N–H and O–H groups in total. The van der Waals surface area contributed by atoms with Gasteiger partial charge in [-0.1, -0.05) is 47.7 Å². The zero-order valence-electron chi connectivity index (χ0n) is 13.9. The molecule has 2 heterocycles. The van der Waals surface area contributed by atoms with Gasteiger partial charge >= 0.3 is 6.03 Å². The molecule has 0 aliphatic rings. The van der Waals surface area contributed by atoms with Gasteiger partial charge in [0.15, 0.2) is 0 Å². The van der Waals surface area contributed by atoms with E-state index in [0.29, 0.717) is 18.8 Å². The van der Waals surface area contributed by atoms with Crippen molar-refractivity contribution >= 4 is 28.1 Å². The van der Waals surface area contributed by atoms with E-state index in [1.807, 2.05) is 47.3 Å². The van der Waals surface area contributed by atoms with Crippen LogP contribution in [0.5, 0.6) is 0 Å². The summed E-state index contributed by atoms with van der Waals surface area (Å²) in [6, 6.07) is 16.0. The lowest BCUT2D eigenvalue weighted by atomic mass is 10.0. The molecule has 0 aliphatic carbocycles. The van der Waals surface area contributed by atoms with Gasteiger partial charge in [0.1, 0.15) is 5.69 Å². The second-order valence-corrected chi connectivity index (χ2v) is 6.59. The number of fused-ring (bicyclic) bond motifs is 1.